The van der Waals surface area contributed by atoms with E-state index < -0.39 is 0 Å². The van der Waals surface area contributed by atoms with Gasteiger partial charge in [0.05, 0.1) is 0 Å². The van der Waals surface area contributed by atoms with Gasteiger partial charge in [0.1, 0.15) is 0 Å². The van der Waals surface area contributed by atoms with Crippen molar-refractivity contribution in [3.8, 4) is 0 Å². The van der Waals surface area contributed by atoms with Crippen LogP contribution in [0.4, 0.5) is 0 Å². The Balaban J connectivity index is 2.15. The van der Waals surface area contributed by atoms with Gasteiger partial charge in [-0.2, -0.15) is 0 Å². The predicted molar refractivity (Wildman–Crippen MR) is 84.3 cm³/mol. The lowest BCUT2D eigenvalue weighted by atomic mass is 10.0. The molecule has 0 aromatic heterocycles. The van der Waals surface area contributed by atoms with Crippen LogP contribution in [0.2, 0.25) is 0 Å². The predicted octanol–water partition coefficient (Wildman–Crippen LogP) is 5.15. The molecule has 0 spiro atoms. The smallest absolute Gasteiger partial charge is 0.0300 e. The summed E-state index contributed by atoms with van der Waals surface area (Å²) in [4.78, 5) is 1.44. The van der Waals surface area contributed by atoms with Crippen LogP contribution in [0, 0.1) is 0 Å². The van der Waals surface area contributed by atoms with Crippen molar-refractivity contribution < 1.29 is 0 Å². The molecule has 1 aromatic rings. The zero-order valence-corrected chi connectivity index (χ0v) is 13.6. The molecule has 1 aliphatic rings. The molecule has 1 N–H and O–H groups in total. The van der Waals surface area contributed by atoms with Gasteiger partial charge in [-0.1, -0.05) is 41.3 Å². The molecular formula is C15H22BrNS. The van der Waals surface area contributed by atoms with Gasteiger partial charge >= 0.3 is 0 Å². The first-order chi connectivity index (χ1) is 8.70. The first kappa shape index (κ1) is 14.4. The Kier molecular flexibility index (Phi) is 5.58. The van der Waals surface area contributed by atoms with Crippen LogP contribution in [0.1, 0.15) is 50.6 Å². The monoisotopic (exact) mass is 327 g/mol. The van der Waals surface area contributed by atoms with E-state index in [-0.39, 0.29) is 0 Å². The lowest BCUT2D eigenvalue weighted by molar-refractivity contribution is 0.515. The van der Waals surface area contributed by atoms with Crippen LogP contribution in [-0.2, 0) is 0 Å². The Hall–Kier alpha value is 0.01000. The minimum absolute atomic E-state index is 0.421. The second kappa shape index (κ2) is 6.97. The number of nitrogens with one attached hydrogen (secondary N) is 1. The molecule has 1 fully saturated rings. The van der Waals surface area contributed by atoms with Crippen molar-refractivity contribution in [2.45, 2.75) is 55.2 Å². The van der Waals surface area contributed by atoms with Crippen molar-refractivity contribution in [3.63, 3.8) is 0 Å². The highest BCUT2D eigenvalue weighted by atomic mass is 79.9. The Bertz CT molecular complexity index is 388. The normalized spacial score (nSPS) is 18.8. The minimum Gasteiger partial charge on any atom is -0.313 e. The van der Waals surface area contributed by atoms with E-state index in [1.807, 2.05) is 7.05 Å². The van der Waals surface area contributed by atoms with E-state index in [4.69, 9.17) is 0 Å². The fourth-order valence-electron chi connectivity index (χ4n) is 2.49. The largest absolute Gasteiger partial charge is 0.313 e. The van der Waals surface area contributed by atoms with Crippen LogP contribution < -0.4 is 5.32 Å². The maximum absolute atomic E-state index is 3.60. The number of hydrogen-bond acceptors (Lipinski definition) is 2. The SMILES string of the molecule is CNC(C)c1ccc(Br)cc1SC1CCCCC1. The molecular weight excluding hydrogens is 306 g/mol. The van der Waals surface area contributed by atoms with Crippen molar-refractivity contribution in [1.29, 1.82) is 0 Å². The van der Waals surface area contributed by atoms with E-state index in [2.05, 4.69) is 58.1 Å². The summed E-state index contributed by atoms with van der Waals surface area (Å²) in [7, 11) is 2.03. The zero-order chi connectivity index (χ0) is 13.0. The van der Waals surface area contributed by atoms with E-state index in [9.17, 15) is 0 Å². The standard InChI is InChI=1S/C15H22BrNS/c1-11(17-2)14-9-8-12(16)10-15(14)18-13-6-4-3-5-7-13/h8-11,13,17H,3-7H2,1-2H3. The Morgan fingerprint density at radius 2 is 2.00 bits per heavy atom. The summed E-state index contributed by atoms with van der Waals surface area (Å²) in [6.07, 6.45) is 7.00. The van der Waals surface area contributed by atoms with Crippen LogP contribution in [0.5, 0.6) is 0 Å². The molecule has 0 bridgehead atoms. The van der Waals surface area contributed by atoms with Crippen LogP contribution in [-0.4, -0.2) is 12.3 Å². The van der Waals surface area contributed by atoms with Gasteiger partial charge in [-0.25, -0.2) is 0 Å². The minimum atomic E-state index is 0.421. The molecule has 0 aliphatic heterocycles. The Morgan fingerprint density at radius 3 is 2.67 bits per heavy atom. The lowest BCUT2D eigenvalue weighted by Crippen LogP contribution is -2.14. The van der Waals surface area contributed by atoms with E-state index >= 15 is 0 Å². The fraction of sp³-hybridized carbons (Fsp3) is 0.600. The number of halogens is 1. The first-order valence-electron chi connectivity index (χ1n) is 6.84. The lowest BCUT2D eigenvalue weighted by Gasteiger charge is -2.23. The number of thioether (sulfide) groups is 1. The summed E-state index contributed by atoms with van der Waals surface area (Å²) in [5.41, 5.74) is 1.43. The third-order valence-corrected chi connectivity index (χ3v) is 5.63. The van der Waals surface area contributed by atoms with Crippen LogP contribution in [0.25, 0.3) is 0 Å². The van der Waals surface area contributed by atoms with Gasteiger partial charge in [0.25, 0.3) is 0 Å². The zero-order valence-electron chi connectivity index (χ0n) is 11.2. The van der Waals surface area contributed by atoms with Gasteiger partial charge in [0.15, 0.2) is 0 Å². The summed E-state index contributed by atoms with van der Waals surface area (Å²) < 4.78 is 1.19. The third kappa shape index (κ3) is 3.75. The fourth-order valence-corrected chi connectivity index (χ4v) is 4.50. The summed E-state index contributed by atoms with van der Waals surface area (Å²) in [5.74, 6) is 0. The van der Waals surface area contributed by atoms with Crippen LogP contribution in [0.3, 0.4) is 0 Å². The molecule has 1 saturated carbocycles. The molecule has 1 unspecified atom stereocenters. The summed E-state index contributed by atoms with van der Waals surface area (Å²) in [6, 6.07) is 7.09. The second-order valence-corrected chi connectivity index (χ2v) is 7.33. The van der Waals surface area contributed by atoms with E-state index in [1.165, 1.54) is 47.0 Å². The Morgan fingerprint density at radius 1 is 1.28 bits per heavy atom. The maximum atomic E-state index is 3.60. The molecule has 3 heteroatoms. The molecule has 1 aliphatic carbocycles. The second-order valence-electron chi connectivity index (χ2n) is 5.07. The summed E-state index contributed by atoms with van der Waals surface area (Å²) >= 11 is 5.68. The van der Waals surface area contributed by atoms with E-state index in [0.29, 0.717) is 6.04 Å². The quantitative estimate of drug-likeness (QED) is 0.820. The molecule has 0 radical (unpaired) electrons. The molecule has 0 heterocycles. The van der Waals surface area contributed by atoms with Crippen molar-refractivity contribution in [3.05, 3.63) is 28.2 Å². The first-order valence-corrected chi connectivity index (χ1v) is 8.51. The van der Waals surface area contributed by atoms with Crippen molar-refractivity contribution in [2.24, 2.45) is 0 Å². The molecule has 100 valence electrons. The average molecular weight is 328 g/mol. The third-order valence-electron chi connectivity index (χ3n) is 3.72. The van der Waals surface area contributed by atoms with Crippen LogP contribution >= 0.6 is 27.7 Å². The van der Waals surface area contributed by atoms with Gasteiger partial charge in [0.2, 0.25) is 0 Å². The molecule has 0 saturated heterocycles. The van der Waals surface area contributed by atoms with Crippen molar-refractivity contribution >= 4 is 27.7 Å². The van der Waals surface area contributed by atoms with Crippen molar-refractivity contribution in [1.82, 2.24) is 5.32 Å². The van der Waals surface area contributed by atoms with Gasteiger partial charge in [-0.15, -0.1) is 11.8 Å². The topological polar surface area (TPSA) is 12.0 Å². The average Bonchev–Trinajstić information content (AvgIpc) is 2.39. The summed E-state index contributed by atoms with van der Waals surface area (Å²) in [6.45, 7) is 2.23. The number of benzene rings is 1. The van der Waals surface area contributed by atoms with E-state index in [0.717, 1.165) is 5.25 Å². The molecule has 1 aromatic carbocycles. The van der Waals surface area contributed by atoms with Gasteiger partial charge < -0.3 is 5.32 Å². The number of rotatable bonds is 4. The molecule has 18 heavy (non-hydrogen) atoms. The summed E-state index contributed by atoms with van der Waals surface area (Å²) in [5, 5.41) is 4.17. The highest BCUT2D eigenvalue weighted by molar-refractivity contribution is 9.10. The van der Waals surface area contributed by atoms with Gasteiger partial charge in [-0.05, 0) is 44.5 Å². The molecule has 1 atom stereocenters. The molecule has 2 rings (SSSR count). The number of hydrogen-bond donors (Lipinski definition) is 1. The van der Waals surface area contributed by atoms with Gasteiger partial charge in [0, 0.05) is 20.7 Å². The van der Waals surface area contributed by atoms with Crippen LogP contribution in [0.15, 0.2) is 27.6 Å². The molecule has 1 nitrogen and oxygen atoms in total. The van der Waals surface area contributed by atoms with E-state index in [1.54, 1.807) is 0 Å². The highest BCUT2D eigenvalue weighted by Gasteiger charge is 2.18. The van der Waals surface area contributed by atoms with Gasteiger partial charge in [-0.3, -0.25) is 0 Å². The maximum Gasteiger partial charge on any atom is 0.0300 e. The highest BCUT2D eigenvalue weighted by Crippen LogP contribution is 2.38. The van der Waals surface area contributed by atoms with Crippen molar-refractivity contribution in [2.75, 3.05) is 7.05 Å². The molecule has 0 amide bonds. The Labute approximate surface area is 123 Å².